The molecule has 1 amide bonds. The number of aliphatic carboxylic acids is 1. The van der Waals surface area contributed by atoms with Crippen molar-refractivity contribution in [2.75, 3.05) is 11.9 Å². The van der Waals surface area contributed by atoms with Gasteiger partial charge < -0.3 is 20.0 Å². The van der Waals surface area contributed by atoms with Crippen LogP contribution in [0.4, 0.5) is 5.69 Å². The topological polar surface area (TPSA) is 78.5 Å². The van der Waals surface area contributed by atoms with Crippen LogP contribution in [-0.4, -0.2) is 18.5 Å². The van der Waals surface area contributed by atoms with E-state index in [1.807, 2.05) is 6.08 Å². The van der Waals surface area contributed by atoms with Crippen molar-refractivity contribution in [3.63, 3.8) is 0 Å². The minimum Gasteiger partial charge on any atom is -0.550 e. The molecule has 0 bridgehead atoms. The molecule has 1 aliphatic rings. The molecule has 0 heterocycles. The minimum atomic E-state index is -1.17. The van der Waals surface area contributed by atoms with Gasteiger partial charge in [-0.1, -0.05) is 31.9 Å². The number of amides is 1. The van der Waals surface area contributed by atoms with E-state index in [0.717, 1.165) is 25.0 Å². The standard InChI is InChI=1S/C19H25NO4/c1-2-3-6-13-24-15-11-9-14(10-12-15)20-18(21)16-7-4-5-8-17(16)19(22)23/h4-5,9-12,16-17H,2-3,6-8,13H2,1H3,(H,20,21)(H,22,23)/p-1/t16-,17+/m0/s1. The van der Waals surface area contributed by atoms with Gasteiger partial charge in [-0.3, -0.25) is 4.79 Å². The number of unbranched alkanes of at least 4 members (excludes halogenated alkanes) is 2. The van der Waals surface area contributed by atoms with Crippen molar-refractivity contribution < 1.29 is 19.4 Å². The van der Waals surface area contributed by atoms with Crippen LogP contribution in [0.5, 0.6) is 5.75 Å². The van der Waals surface area contributed by atoms with Crippen LogP contribution in [0, 0.1) is 11.8 Å². The summed E-state index contributed by atoms with van der Waals surface area (Å²) in [5, 5.41) is 14.0. The van der Waals surface area contributed by atoms with E-state index in [1.54, 1.807) is 30.3 Å². The number of rotatable bonds is 8. The molecule has 130 valence electrons. The molecule has 0 fully saturated rings. The van der Waals surface area contributed by atoms with Gasteiger partial charge in [-0.2, -0.15) is 0 Å². The maximum absolute atomic E-state index is 12.3. The van der Waals surface area contributed by atoms with E-state index in [2.05, 4.69) is 12.2 Å². The van der Waals surface area contributed by atoms with E-state index in [9.17, 15) is 14.7 Å². The van der Waals surface area contributed by atoms with E-state index in [0.29, 0.717) is 25.1 Å². The van der Waals surface area contributed by atoms with Crippen molar-refractivity contribution >= 4 is 17.6 Å². The highest BCUT2D eigenvalue weighted by Crippen LogP contribution is 2.27. The van der Waals surface area contributed by atoms with Crippen molar-refractivity contribution in [2.45, 2.75) is 39.0 Å². The van der Waals surface area contributed by atoms with Crippen LogP contribution in [0.1, 0.15) is 39.0 Å². The molecule has 5 heteroatoms. The summed E-state index contributed by atoms with van der Waals surface area (Å²) in [4.78, 5) is 23.5. The molecule has 0 spiro atoms. The third kappa shape index (κ3) is 5.11. The molecular formula is C19H24NO4-. The van der Waals surface area contributed by atoms with Crippen molar-refractivity contribution in [2.24, 2.45) is 11.8 Å². The van der Waals surface area contributed by atoms with Gasteiger partial charge in [0.1, 0.15) is 5.75 Å². The van der Waals surface area contributed by atoms with E-state index in [4.69, 9.17) is 4.74 Å². The first-order valence-corrected chi connectivity index (χ1v) is 8.51. The lowest BCUT2D eigenvalue weighted by Gasteiger charge is -2.28. The number of ether oxygens (including phenoxy) is 1. The normalized spacial score (nSPS) is 19.7. The Morgan fingerprint density at radius 1 is 1.12 bits per heavy atom. The van der Waals surface area contributed by atoms with Gasteiger partial charge in [0.05, 0.1) is 12.5 Å². The van der Waals surface area contributed by atoms with Gasteiger partial charge in [0.2, 0.25) is 5.91 Å². The summed E-state index contributed by atoms with van der Waals surface area (Å²) in [7, 11) is 0. The Kier molecular flexibility index (Phi) is 6.85. The van der Waals surface area contributed by atoms with Crippen LogP contribution in [0.25, 0.3) is 0 Å². The maximum Gasteiger partial charge on any atom is 0.228 e. The fraction of sp³-hybridized carbons (Fsp3) is 0.474. The second kappa shape index (κ2) is 9.11. The van der Waals surface area contributed by atoms with E-state index in [1.165, 1.54) is 0 Å². The summed E-state index contributed by atoms with van der Waals surface area (Å²) >= 11 is 0. The lowest BCUT2D eigenvalue weighted by atomic mass is 9.82. The number of carboxylic acids is 1. The molecule has 0 aliphatic heterocycles. The highest BCUT2D eigenvalue weighted by molar-refractivity contribution is 5.95. The Hall–Kier alpha value is -2.30. The molecule has 0 saturated carbocycles. The average Bonchev–Trinajstić information content (AvgIpc) is 2.60. The average molecular weight is 330 g/mol. The quantitative estimate of drug-likeness (QED) is 0.587. The van der Waals surface area contributed by atoms with Crippen LogP contribution in [0.2, 0.25) is 0 Å². The van der Waals surface area contributed by atoms with Crippen LogP contribution in [0.15, 0.2) is 36.4 Å². The monoisotopic (exact) mass is 330 g/mol. The fourth-order valence-corrected chi connectivity index (χ4v) is 2.78. The maximum atomic E-state index is 12.3. The van der Waals surface area contributed by atoms with Gasteiger partial charge in [0.15, 0.2) is 0 Å². The smallest absolute Gasteiger partial charge is 0.228 e. The number of carbonyl (C=O) groups is 2. The van der Waals surface area contributed by atoms with Gasteiger partial charge in [0, 0.05) is 17.6 Å². The van der Waals surface area contributed by atoms with Crippen LogP contribution in [0.3, 0.4) is 0 Å². The first-order chi connectivity index (χ1) is 11.6. The van der Waals surface area contributed by atoms with Gasteiger partial charge in [-0.15, -0.1) is 0 Å². The number of hydrogen-bond donors (Lipinski definition) is 1. The fourth-order valence-electron chi connectivity index (χ4n) is 2.78. The second-order valence-electron chi connectivity index (χ2n) is 6.04. The summed E-state index contributed by atoms with van der Waals surface area (Å²) in [5.41, 5.74) is 0.632. The van der Waals surface area contributed by atoms with E-state index >= 15 is 0 Å². The minimum absolute atomic E-state index is 0.287. The first kappa shape index (κ1) is 18.0. The number of nitrogens with one attached hydrogen (secondary N) is 1. The molecule has 1 aromatic carbocycles. The third-order valence-electron chi connectivity index (χ3n) is 4.21. The van der Waals surface area contributed by atoms with Gasteiger partial charge in [-0.25, -0.2) is 0 Å². The molecule has 2 rings (SSSR count). The van der Waals surface area contributed by atoms with Crippen molar-refractivity contribution in [1.82, 2.24) is 0 Å². The van der Waals surface area contributed by atoms with Gasteiger partial charge >= 0.3 is 0 Å². The Labute approximate surface area is 142 Å². The molecule has 1 N–H and O–H groups in total. The largest absolute Gasteiger partial charge is 0.550 e. The van der Waals surface area contributed by atoms with E-state index in [-0.39, 0.29) is 5.91 Å². The van der Waals surface area contributed by atoms with E-state index < -0.39 is 17.8 Å². The van der Waals surface area contributed by atoms with Crippen molar-refractivity contribution in [1.29, 1.82) is 0 Å². The Morgan fingerprint density at radius 2 is 1.79 bits per heavy atom. The van der Waals surface area contributed by atoms with Crippen LogP contribution < -0.4 is 15.2 Å². The molecule has 1 aromatic rings. The van der Waals surface area contributed by atoms with Gasteiger partial charge in [-0.05, 0) is 43.5 Å². The number of carbonyl (C=O) groups excluding carboxylic acids is 2. The predicted molar refractivity (Wildman–Crippen MR) is 90.5 cm³/mol. The predicted octanol–water partition coefficient (Wildman–Crippen LogP) is 2.53. The molecule has 5 nitrogen and oxygen atoms in total. The molecular weight excluding hydrogens is 306 g/mol. The third-order valence-corrected chi connectivity index (χ3v) is 4.21. The summed E-state index contributed by atoms with van der Waals surface area (Å²) < 4.78 is 5.63. The SMILES string of the molecule is CCCCCOc1ccc(NC(=O)[C@H]2CC=CC[C@H]2C(=O)[O-])cc1. The Balaban J connectivity index is 1.89. The van der Waals surface area contributed by atoms with Crippen molar-refractivity contribution in [3.8, 4) is 5.75 Å². The lowest BCUT2D eigenvalue weighted by Crippen LogP contribution is -2.41. The lowest BCUT2D eigenvalue weighted by molar-refractivity contribution is -0.313. The highest BCUT2D eigenvalue weighted by Gasteiger charge is 2.29. The molecule has 1 aliphatic carbocycles. The molecule has 24 heavy (non-hydrogen) atoms. The van der Waals surface area contributed by atoms with Gasteiger partial charge in [0.25, 0.3) is 0 Å². The summed E-state index contributed by atoms with van der Waals surface area (Å²) in [6.45, 7) is 2.83. The molecule has 2 atom stereocenters. The zero-order valence-corrected chi connectivity index (χ0v) is 14.0. The summed E-state index contributed by atoms with van der Waals surface area (Å²) in [5.74, 6) is -2.06. The van der Waals surface area contributed by atoms with Crippen LogP contribution >= 0.6 is 0 Å². The zero-order chi connectivity index (χ0) is 17.4. The molecule has 0 radical (unpaired) electrons. The summed E-state index contributed by atoms with van der Waals surface area (Å²) in [6, 6.07) is 7.14. The number of hydrogen-bond acceptors (Lipinski definition) is 4. The number of benzene rings is 1. The number of anilines is 1. The number of carboxylic acid groups (broad SMARTS) is 1. The number of allylic oxidation sites excluding steroid dienone is 2. The first-order valence-electron chi connectivity index (χ1n) is 8.51. The molecule has 0 aromatic heterocycles. The van der Waals surface area contributed by atoms with Crippen LogP contribution in [-0.2, 0) is 9.59 Å². The van der Waals surface area contributed by atoms with Crippen molar-refractivity contribution in [3.05, 3.63) is 36.4 Å². The zero-order valence-electron chi connectivity index (χ0n) is 14.0. The summed E-state index contributed by atoms with van der Waals surface area (Å²) in [6.07, 6.45) is 7.70. The Bertz CT molecular complexity index is 580. The molecule has 0 saturated heterocycles. The molecule has 0 unspecified atom stereocenters. The Morgan fingerprint density at radius 3 is 2.42 bits per heavy atom. The highest BCUT2D eigenvalue weighted by atomic mass is 16.5. The second-order valence-corrected chi connectivity index (χ2v) is 6.04.